The van der Waals surface area contributed by atoms with E-state index in [0.717, 1.165) is 0 Å². The molecule has 1 N–H and O–H groups in total. The van der Waals surface area contributed by atoms with Crippen molar-refractivity contribution in [1.82, 2.24) is 0 Å². The van der Waals surface area contributed by atoms with Gasteiger partial charge >= 0.3 is 18.3 Å². The van der Waals surface area contributed by atoms with Crippen LogP contribution in [0, 0.1) is 29.1 Å². The van der Waals surface area contributed by atoms with Gasteiger partial charge in [0.25, 0.3) is 0 Å². The Labute approximate surface area is 180 Å². The van der Waals surface area contributed by atoms with Crippen LogP contribution in [0.1, 0.15) is 64.7 Å². The number of rotatable bonds is 2. The number of ketones is 1. The van der Waals surface area contributed by atoms with Gasteiger partial charge < -0.3 is 5.11 Å². The summed E-state index contributed by atoms with van der Waals surface area (Å²) < 4.78 is 110. The first-order valence-electron chi connectivity index (χ1n) is 11.1. The van der Waals surface area contributed by atoms with Gasteiger partial charge in [0, 0.05) is 11.8 Å². The molecule has 6 atom stereocenters. The van der Waals surface area contributed by atoms with Crippen molar-refractivity contribution in [1.29, 1.82) is 0 Å². The average Bonchev–Trinajstić information content (AvgIpc) is 3.00. The van der Waals surface area contributed by atoms with Crippen LogP contribution in [-0.4, -0.2) is 34.8 Å². The van der Waals surface area contributed by atoms with Crippen LogP contribution in [0.4, 0.5) is 35.1 Å². The fraction of sp³-hybridized carbons (Fsp3) is 0.864. The van der Waals surface area contributed by atoms with Crippen molar-refractivity contribution in [3.05, 3.63) is 11.1 Å². The van der Waals surface area contributed by atoms with Gasteiger partial charge in [-0.1, -0.05) is 12.5 Å². The minimum Gasteiger partial charge on any atom is -0.383 e. The lowest BCUT2D eigenvalue weighted by Crippen LogP contribution is -2.66. The molecule has 4 aliphatic rings. The molecule has 3 saturated carbocycles. The van der Waals surface area contributed by atoms with Gasteiger partial charge in [0.05, 0.1) is 5.57 Å². The third kappa shape index (κ3) is 2.96. The minimum absolute atomic E-state index is 0.0171. The van der Waals surface area contributed by atoms with E-state index in [0.29, 0.717) is 0 Å². The molecule has 32 heavy (non-hydrogen) atoms. The van der Waals surface area contributed by atoms with E-state index < -0.39 is 58.9 Å². The van der Waals surface area contributed by atoms with E-state index in [1.54, 1.807) is 0 Å². The maximum atomic E-state index is 14.6. The van der Waals surface area contributed by atoms with Crippen molar-refractivity contribution >= 4 is 5.78 Å². The Balaban J connectivity index is 1.72. The standard InChI is InChI=1S/C22H26F8O2/c1-2-18-9-7-12-11-5-6-16(31)17(20(23,24)25)14(11)4-3-13(12)15(18)8-10-19(18,32)21(26,27)22(28,29)30/h11-13,15,32H,2-10H2,1H3/t11?,12?,13?,15?,18?,19-/m1/s1. The van der Waals surface area contributed by atoms with Gasteiger partial charge in [0.2, 0.25) is 0 Å². The number of carbonyl (C=O) groups is 1. The van der Waals surface area contributed by atoms with E-state index in [1.807, 2.05) is 0 Å². The molecule has 0 aliphatic heterocycles. The molecule has 5 unspecified atom stereocenters. The quantitative estimate of drug-likeness (QED) is 0.472. The molecular formula is C22H26F8O2. The molecule has 0 bridgehead atoms. The zero-order valence-corrected chi connectivity index (χ0v) is 17.6. The number of carbonyl (C=O) groups excluding carboxylic acids is 1. The lowest BCUT2D eigenvalue weighted by atomic mass is 9.48. The Morgan fingerprint density at radius 2 is 1.56 bits per heavy atom. The zero-order valence-electron chi connectivity index (χ0n) is 17.6. The predicted octanol–water partition coefficient (Wildman–Crippen LogP) is 6.38. The minimum atomic E-state index is -5.90. The monoisotopic (exact) mass is 474 g/mol. The van der Waals surface area contributed by atoms with E-state index in [-0.39, 0.29) is 68.8 Å². The van der Waals surface area contributed by atoms with E-state index in [1.165, 1.54) is 6.92 Å². The SMILES string of the molecule is CCC12CCC3C4CCC(=O)C(C(F)(F)F)=C4CCC3C1CC[C@]2(O)C(F)(F)C(F)(F)F. The Hall–Kier alpha value is -1.19. The summed E-state index contributed by atoms with van der Waals surface area (Å²) in [5.74, 6) is -8.01. The number of allylic oxidation sites excluding steroid dienone is 1. The molecule has 0 aromatic rings. The second-order valence-corrected chi connectivity index (χ2v) is 9.96. The highest BCUT2D eigenvalue weighted by Gasteiger charge is 2.79. The third-order valence-electron chi connectivity index (χ3n) is 9.12. The largest absolute Gasteiger partial charge is 0.456 e. The lowest BCUT2D eigenvalue weighted by Gasteiger charge is -2.58. The highest BCUT2D eigenvalue weighted by atomic mass is 19.4. The molecule has 182 valence electrons. The molecule has 2 nitrogen and oxygen atoms in total. The predicted molar refractivity (Wildman–Crippen MR) is 97.7 cm³/mol. The topological polar surface area (TPSA) is 37.3 Å². The van der Waals surface area contributed by atoms with E-state index in [4.69, 9.17) is 0 Å². The smallest absolute Gasteiger partial charge is 0.383 e. The fourth-order valence-corrected chi connectivity index (χ4v) is 7.89. The molecule has 4 aliphatic carbocycles. The second kappa shape index (κ2) is 7.15. The lowest BCUT2D eigenvalue weighted by molar-refractivity contribution is -0.365. The summed E-state index contributed by atoms with van der Waals surface area (Å²) in [6.45, 7) is 1.51. The second-order valence-electron chi connectivity index (χ2n) is 9.96. The highest BCUT2D eigenvalue weighted by Crippen LogP contribution is 2.70. The molecule has 0 heterocycles. The van der Waals surface area contributed by atoms with E-state index in [9.17, 15) is 45.0 Å². The highest BCUT2D eigenvalue weighted by molar-refractivity contribution is 5.98. The fourth-order valence-electron chi connectivity index (χ4n) is 7.89. The Morgan fingerprint density at radius 3 is 2.12 bits per heavy atom. The van der Waals surface area contributed by atoms with Crippen LogP contribution in [0.15, 0.2) is 11.1 Å². The summed E-state index contributed by atoms with van der Waals surface area (Å²) in [5, 5.41) is 10.9. The molecule has 3 fully saturated rings. The maximum Gasteiger partial charge on any atom is 0.456 e. The molecule has 0 aromatic heterocycles. The summed E-state index contributed by atoms with van der Waals surface area (Å²) in [4.78, 5) is 12.0. The van der Waals surface area contributed by atoms with Crippen molar-refractivity contribution in [3.63, 3.8) is 0 Å². The van der Waals surface area contributed by atoms with E-state index in [2.05, 4.69) is 0 Å². The maximum absolute atomic E-state index is 14.6. The normalized spacial score (nSPS) is 40.8. The average molecular weight is 474 g/mol. The number of alkyl halides is 8. The Kier molecular flexibility index (Phi) is 5.35. The van der Waals surface area contributed by atoms with Crippen LogP contribution < -0.4 is 0 Å². The van der Waals surface area contributed by atoms with Crippen LogP contribution in [0.25, 0.3) is 0 Å². The number of aliphatic hydroxyl groups is 1. The molecule has 0 aromatic carbocycles. The first kappa shape index (κ1) is 24.0. The van der Waals surface area contributed by atoms with Crippen LogP contribution in [0.5, 0.6) is 0 Å². The first-order chi connectivity index (χ1) is 14.6. The molecule has 0 spiro atoms. The van der Waals surface area contributed by atoms with Gasteiger partial charge in [-0.3, -0.25) is 4.79 Å². The summed E-state index contributed by atoms with van der Waals surface area (Å²) in [7, 11) is 0. The molecule has 4 rings (SSSR count). The number of halogens is 8. The summed E-state index contributed by atoms with van der Waals surface area (Å²) >= 11 is 0. The zero-order chi connectivity index (χ0) is 23.9. The van der Waals surface area contributed by atoms with Crippen molar-refractivity contribution in [3.8, 4) is 0 Å². The molecule has 0 saturated heterocycles. The van der Waals surface area contributed by atoms with Gasteiger partial charge in [-0.25, -0.2) is 0 Å². The van der Waals surface area contributed by atoms with Crippen molar-refractivity contribution < 1.29 is 45.0 Å². The van der Waals surface area contributed by atoms with E-state index >= 15 is 0 Å². The molecular weight excluding hydrogens is 448 g/mol. The first-order valence-corrected chi connectivity index (χ1v) is 11.1. The number of Topliss-reactive ketones (excluding diaryl/α,β-unsaturated/α-hetero) is 1. The van der Waals surface area contributed by atoms with Gasteiger partial charge in [-0.2, -0.15) is 35.1 Å². The molecule has 0 radical (unpaired) electrons. The third-order valence-corrected chi connectivity index (χ3v) is 9.12. The van der Waals surface area contributed by atoms with Crippen LogP contribution in [0.3, 0.4) is 0 Å². The number of hydrogen-bond donors (Lipinski definition) is 1. The van der Waals surface area contributed by atoms with Crippen LogP contribution in [-0.2, 0) is 4.79 Å². The molecule has 10 heteroatoms. The van der Waals surface area contributed by atoms with Crippen molar-refractivity contribution in [2.24, 2.45) is 29.1 Å². The van der Waals surface area contributed by atoms with Gasteiger partial charge in [0.1, 0.15) is 5.60 Å². The van der Waals surface area contributed by atoms with Gasteiger partial charge in [0.15, 0.2) is 5.78 Å². The van der Waals surface area contributed by atoms with Gasteiger partial charge in [-0.05, 0) is 75.0 Å². The Morgan fingerprint density at radius 1 is 0.906 bits per heavy atom. The number of hydrogen-bond acceptors (Lipinski definition) is 2. The van der Waals surface area contributed by atoms with Crippen molar-refractivity contribution in [2.75, 3.05) is 0 Å². The van der Waals surface area contributed by atoms with Crippen LogP contribution in [0.2, 0.25) is 0 Å². The summed E-state index contributed by atoms with van der Waals surface area (Å²) in [6.07, 6.45) is -11.2. The summed E-state index contributed by atoms with van der Waals surface area (Å²) in [5.41, 5.74) is -5.90. The van der Waals surface area contributed by atoms with Crippen molar-refractivity contribution in [2.45, 2.75) is 88.6 Å². The Bertz CT molecular complexity index is 829. The van der Waals surface area contributed by atoms with Crippen LogP contribution >= 0.6 is 0 Å². The molecule has 0 amide bonds. The summed E-state index contributed by atoms with van der Waals surface area (Å²) in [6, 6.07) is 0. The number of fused-ring (bicyclic) bond motifs is 5. The van der Waals surface area contributed by atoms with Gasteiger partial charge in [-0.15, -0.1) is 0 Å².